The highest BCUT2D eigenvalue weighted by Crippen LogP contribution is 2.31. The van der Waals surface area contributed by atoms with Gasteiger partial charge < -0.3 is 4.90 Å². The smallest absolute Gasteiger partial charge is 0.262 e. The second kappa shape index (κ2) is 6.19. The van der Waals surface area contributed by atoms with Crippen LogP contribution in [0.1, 0.15) is 28.7 Å². The van der Waals surface area contributed by atoms with Crippen LogP contribution in [0.25, 0.3) is 0 Å². The van der Waals surface area contributed by atoms with Crippen molar-refractivity contribution < 1.29 is 13.2 Å². The van der Waals surface area contributed by atoms with Gasteiger partial charge in [0, 0.05) is 24.8 Å². The molecule has 0 aliphatic carbocycles. The van der Waals surface area contributed by atoms with Crippen LogP contribution in [-0.4, -0.2) is 21.4 Å². The molecule has 3 rings (SSSR count). The van der Waals surface area contributed by atoms with Crippen LogP contribution in [0.2, 0.25) is 0 Å². The van der Waals surface area contributed by atoms with E-state index in [4.69, 9.17) is 0 Å². The second-order valence-corrected chi connectivity index (χ2v) is 8.25. The average Bonchev–Trinajstić information content (AvgIpc) is 2.49. The molecule has 0 saturated carbocycles. The van der Waals surface area contributed by atoms with E-state index < -0.39 is 10.0 Å². The SMILES string of the molecule is Cc1cc(C)c(S(=O)(=O)Nc2ccc3c(c2)CCC(=O)N3C)c(C)c1. The fourth-order valence-corrected chi connectivity index (χ4v) is 5.02. The molecule has 0 unspecified atom stereocenters. The Bertz CT molecular complexity index is 942. The number of benzene rings is 2. The summed E-state index contributed by atoms with van der Waals surface area (Å²) in [5, 5.41) is 0. The highest BCUT2D eigenvalue weighted by Gasteiger charge is 2.23. The maximum absolute atomic E-state index is 12.9. The molecule has 6 heteroatoms. The third-order valence-electron chi connectivity index (χ3n) is 4.55. The molecular formula is C19H22N2O3S. The van der Waals surface area contributed by atoms with Gasteiger partial charge in [-0.25, -0.2) is 8.42 Å². The van der Waals surface area contributed by atoms with Gasteiger partial charge in [-0.1, -0.05) is 17.7 Å². The molecule has 2 aromatic carbocycles. The number of aryl methyl sites for hydroxylation is 4. The summed E-state index contributed by atoms with van der Waals surface area (Å²) in [7, 11) is -1.93. The van der Waals surface area contributed by atoms with Crippen LogP contribution < -0.4 is 9.62 Å². The molecule has 1 aliphatic rings. The van der Waals surface area contributed by atoms with Gasteiger partial charge in [0.2, 0.25) is 5.91 Å². The number of hydrogen-bond donors (Lipinski definition) is 1. The van der Waals surface area contributed by atoms with Crippen molar-refractivity contribution in [3.63, 3.8) is 0 Å². The van der Waals surface area contributed by atoms with Crippen LogP contribution >= 0.6 is 0 Å². The number of anilines is 2. The van der Waals surface area contributed by atoms with Gasteiger partial charge in [0.05, 0.1) is 4.90 Å². The highest BCUT2D eigenvalue weighted by molar-refractivity contribution is 7.92. The lowest BCUT2D eigenvalue weighted by Crippen LogP contribution is -2.31. The predicted octanol–water partition coefficient (Wildman–Crippen LogP) is 3.32. The maximum atomic E-state index is 12.9. The maximum Gasteiger partial charge on any atom is 0.262 e. The minimum Gasteiger partial charge on any atom is -0.315 e. The first kappa shape index (κ1) is 17.5. The molecule has 1 heterocycles. The van der Waals surface area contributed by atoms with Gasteiger partial charge >= 0.3 is 0 Å². The molecule has 2 aromatic rings. The molecular weight excluding hydrogens is 336 g/mol. The van der Waals surface area contributed by atoms with Crippen molar-refractivity contribution in [1.29, 1.82) is 0 Å². The molecule has 0 radical (unpaired) electrons. The van der Waals surface area contributed by atoms with E-state index in [-0.39, 0.29) is 5.91 Å². The van der Waals surface area contributed by atoms with E-state index >= 15 is 0 Å². The number of amides is 1. The van der Waals surface area contributed by atoms with Crippen molar-refractivity contribution in [3.8, 4) is 0 Å². The van der Waals surface area contributed by atoms with E-state index in [0.717, 1.165) is 27.9 Å². The summed E-state index contributed by atoms with van der Waals surface area (Å²) in [5.41, 5.74) is 4.82. The number of rotatable bonds is 3. The number of carbonyl (C=O) groups excluding carboxylic acids is 1. The lowest BCUT2D eigenvalue weighted by molar-refractivity contribution is -0.118. The Morgan fingerprint density at radius 1 is 1.00 bits per heavy atom. The quantitative estimate of drug-likeness (QED) is 0.915. The van der Waals surface area contributed by atoms with Gasteiger partial charge in [-0.3, -0.25) is 9.52 Å². The Hall–Kier alpha value is -2.34. The van der Waals surface area contributed by atoms with Crippen LogP contribution in [0.15, 0.2) is 35.2 Å². The minimum atomic E-state index is -3.67. The van der Waals surface area contributed by atoms with Crippen molar-refractivity contribution in [1.82, 2.24) is 0 Å². The number of nitrogens with zero attached hydrogens (tertiary/aromatic N) is 1. The van der Waals surface area contributed by atoms with E-state index in [2.05, 4.69) is 4.72 Å². The van der Waals surface area contributed by atoms with Gasteiger partial charge in [0.15, 0.2) is 0 Å². The average molecular weight is 358 g/mol. The van der Waals surface area contributed by atoms with Crippen molar-refractivity contribution >= 4 is 27.3 Å². The van der Waals surface area contributed by atoms with E-state index in [1.807, 2.05) is 39.0 Å². The number of hydrogen-bond acceptors (Lipinski definition) is 3. The van der Waals surface area contributed by atoms with Crippen LogP contribution in [0, 0.1) is 20.8 Å². The van der Waals surface area contributed by atoms with E-state index in [0.29, 0.717) is 23.4 Å². The van der Waals surface area contributed by atoms with Crippen LogP contribution in [0.3, 0.4) is 0 Å². The number of sulfonamides is 1. The molecule has 5 nitrogen and oxygen atoms in total. The summed E-state index contributed by atoms with van der Waals surface area (Å²) in [6.07, 6.45) is 1.06. The molecule has 0 atom stereocenters. The van der Waals surface area contributed by atoms with Crippen LogP contribution in [0.5, 0.6) is 0 Å². The largest absolute Gasteiger partial charge is 0.315 e. The molecule has 25 heavy (non-hydrogen) atoms. The number of carbonyl (C=O) groups is 1. The number of nitrogens with one attached hydrogen (secondary N) is 1. The third-order valence-corrected chi connectivity index (χ3v) is 6.23. The standard InChI is InChI=1S/C19H22N2O3S/c1-12-9-13(2)19(14(3)10-12)25(23,24)20-16-6-7-17-15(11-16)5-8-18(22)21(17)4/h6-7,9-11,20H,5,8H2,1-4H3. The number of fused-ring (bicyclic) bond motifs is 1. The zero-order chi connectivity index (χ0) is 18.4. The molecule has 0 fully saturated rings. The summed E-state index contributed by atoms with van der Waals surface area (Å²) in [4.78, 5) is 13.7. The van der Waals surface area contributed by atoms with Crippen molar-refractivity contribution in [3.05, 3.63) is 52.6 Å². The van der Waals surface area contributed by atoms with Gasteiger partial charge in [-0.15, -0.1) is 0 Å². The zero-order valence-corrected chi connectivity index (χ0v) is 15.7. The summed E-state index contributed by atoms with van der Waals surface area (Å²) in [6, 6.07) is 9.04. The lowest BCUT2D eigenvalue weighted by atomic mass is 10.0. The summed E-state index contributed by atoms with van der Waals surface area (Å²) < 4.78 is 28.4. The molecule has 0 bridgehead atoms. The molecule has 0 saturated heterocycles. The van der Waals surface area contributed by atoms with Gasteiger partial charge in [0.1, 0.15) is 0 Å². The summed E-state index contributed by atoms with van der Waals surface area (Å²) >= 11 is 0. The molecule has 1 N–H and O–H groups in total. The Labute approximate surface area is 148 Å². The topological polar surface area (TPSA) is 66.5 Å². The molecule has 0 spiro atoms. The monoisotopic (exact) mass is 358 g/mol. The van der Waals surface area contributed by atoms with Crippen molar-refractivity contribution in [2.45, 2.75) is 38.5 Å². The zero-order valence-electron chi connectivity index (χ0n) is 14.9. The van der Waals surface area contributed by atoms with Crippen molar-refractivity contribution in [2.75, 3.05) is 16.7 Å². The fourth-order valence-electron chi connectivity index (χ4n) is 3.52. The van der Waals surface area contributed by atoms with E-state index in [1.165, 1.54) is 0 Å². The van der Waals surface area contributed by atoms with Gasteiger partial charge in [-0.2, -0.15) is 0 Å². The van der Waals surface area contributed by atoms with Crippen molar-refractivity contribution in [2.24, 2.45) is 0 Å². The van der Waals surface area contributed by atoms with E-state index in [1.54, 1.807) is 24.1 Å². The first-order chi connectivity index (χ1) is 11.7. The van der Waals surface area contributed by atoms with E-state index in [9.17, 15) is 13.2 Å². The Morgan fingerprint density at radius 2 is 1.64 bits per heavy atom. The fraction of sp³-hybridized carbons (Fsp3) is 0.316. The first-order valence-corrected chi connectivity index (χ1v) is 9.67. The van der Waals surface area contributed by atoms with Gasteiger partial charge in [0.25, 0.3) is 10.0 Å². The first-order valence-electron chi connectivity index (χ1n) is 8.19. The second-order valence-electron chi connectivity index (χ2n) is 6.63. The van der Waals surface area contributed by atoms with Crippen LogP contribution in [0.4, 0.5) is 11.4 Å². The summed E-state index contributed by atoms with van der Waals surface area (Å²) in [5.74, 6) is 0.0757. The highest BCUT2D eigenvalue weighted by atomic mass is 32.2. The predicted molar refractivity (Wildman–Crippen MR) is 99.6 cm³/mol. The third kappa shape index (κ3) is 3.26. The normalized spacial score (nSPS) is 14.4. The molecule has 0 aromatic heterocycles. The minimum absolute atomic E-state index is 0.0757. The molecule has 1 aliphatic heterocycles. The lowest BCUT2D eigenvalue weighted by Gasteiger charge is -2.26. The van der Waals surface area contributed by atoms with Gasteiger partial charge in [-0.05, 0) is 62.1 Å². The molecule has 1 amide bonds. The van der Waals surface area contributed by atoms with Crippen LogP contribution in [-0.2, 0) is 21.2 Å². The Morgan fingerprint density at radius 3 is 2.28 bits per heavy atom. The Balaban J connectivity index is 1.96. The molecule has 132 valence electrons. The summed E-state index contributed by atoms with van der Waals surface area (Å²) in [6.45, 7) is 5.56. The Kier molecular flexibility index (Phi) is 4.33.